The van der Waals surface area contributed by atoms with Gasteiger partial charge < -0.3 is 5.32 Å². The first-order valence-electron chi connectivity index (χ1n) is 8.27. The third-order valence-corrected chi connectivity index (χ3v) is 3.85. The van der Waals surface area contributed by atoms with Crippen molar-refractivity contribution >= 4 is 5.91 Å². The number of unbranched alkanes of at least 4 members (excludes halogenated alkanes) is 3. The molecule has 1 atom stereocenters. The fourth-order valence-corrected chi connectivity index (χ4v) is 2.56. The lowest BCUT2D eigenvalue weighted by Crippen LogP contribution is -2.31. The number of nitrogens with one attached hydrogen (secondary N) is 1. The van der Waals surface area contributed by atoms with Crippen LogP contribution in [0.1, 0.15) is 49.8 Å². The van der Waals surface area contributed by atoms with E-state index in [2.05, 4.69) is 17.2 Å². The molecule has 128 valence electrons. The molecule has 0 spiro atoms. The highest BCUT2D eigenvalue weighted by molar-refractivity contribution is 5.86. The molecule has 1 heterocycles. The normalized spacial score (nSPS) is 12.0. The molecule has 1 amide bonds. The van der Waals surface area contributed by atoms with Gasteiger partial charge in [0.05, 0.1) is 5.69 Å². The molecular formula is C19H22F2N2O. The zero-order chi connectivity index (χ0) is 17.4. The lowest BCUT2D eigenvalue weighted by atomic mass is 9.94. The summed E-state index contributed by atoms with van der Waals surface area (Å²) in [5, 5.41) is 2.88. The molecule has 24 heavy (non-hydrogen) atoms. The van der Waals surface area contributed by atoms with Crippen molar-refractivity contribution in [1.29, 1.82) is 0 Å². The summed E-state index contributed by atoms with van der Waals surface area (Å²) >= 11 is 0. The molecule has 0 bridgehead atoms. The number of hydrogen-bond acceptors (Lipinski definition) is 2. The molecule has 2 rings (SSSR count). The van der Waals surface area contributed by atoms with E-state index in [9.17, 15) is 13.6 Å². The first-order chi connectivity index (χ1) is 11.6. The van der Waals surface area contributed by atoms with Crippen LogP contribution in [0.2, 0.25) is 0 Å². The molecule has 3 nitrogen and oxygen atoms in total. The first-order valence-corrected chi connectivity index (χ1v) is 8.27. The number of benzene rings is 1. The van der Waals surface area contributed by atoms with Crippen LogP contribution in [-0.2, 0) is 4.79 Å². The Morgan fingerprint density at radius 2 is 1.96 bits per heavy atom. The summed E-state index contributed by atoms with van der Waals surface area (Å²) in [6, 6.07) is 8.75. The molecule has 0 aliphatic heterocycles. The molecule has 0 fully saturated rings. The second kappa shape index (κ2) is 9.11. The largest absolute Gasteiger partial charge is 0.355 e. The summed E-state index contributed by atoms with van der Waals surface area (Å²) in [4.78, 5) is 16.8. The third kappa shape index (κ3) is 4.85. The third-order valence-electron chi connectivity index (χ3n) is 3.85. The number of halogens is 2. The number of rotatable bonds is 8. The Hall–Kier alpha value is -2.30. The average Bonchev–Trinajstić information content (AvgIpc) is 2.59. The number of hydrogen-bond donors (Lipinski definition) is 1. The second-order valence-corrected chi connectivity index (χ2v) is 5.71. The van der Waals surface area contributed by atoms with Crippen molar-refractivity contribution in [3.8, 4) is 0 Å². The maximum atomic E-state index is 13.6. The van der Waals surface area contributed by atoms with Crippen LogP contribution in [0.15, 0.2) is 42.6 Å². The smallest absolute Gasteiger partial charge is 0.233 e. The average molecular weight is 332 g/mol. The number of carbonyl (C=O) groups excluding carboxylic acids is 1. The topological polar surface area (TPSA) is 42.0 Å². The Bertz CT molecular complexity index is 662. The van der Waals surface area contributed by atoms with Crippen LogP contribution in [0.5, 0.6) is 0 Å². The van der Waals surface area contributed by atoms with Crippen LogP contribution in [0, 0.1) is 11.6 Å². The quantitative estimate of drug-likeness (QED) is 0.737. The molecule has 1 aromatic carbocycles. The van der Waals surface area contributed by atoms with E-state index in [0.717, 1.165) is 37.8 Å². The van der Waals surface area contributed by atoms with E-state index in [1.807, 2.05) is 0 Å². The molecule has 1 aromatic heterocycles. The Kier molecular flexibility index (Phi) is 6.85. The SMILES string of the molecule is CCCCCCNC(=O)C(c1ccc(F)c(F)c1)c1ccccn1. The fourth-order valence-electron chi connectivity index (χ4n) is 2.56. The maximum Gasteiger partial charge on any atom is 0.233 e. The highest BCUT2D eigenvalue weighted by atomic mass is 19.2. The molecule has 1 unspecified atom stereocenters. The van der Waals surface area contributed by atoms with E-state index in [-0.39, 0.29) is 5.91 Å². The zero-order valence-corrected chi connectivity index (χ0v) is 13.8. The van der Waals surface area contributed by atoms with Crippen molar-refractivity contribution < 1.29 is 13.6 Å². The van der Waals surface area contributed by atoms with E-state index in [0.29, 0.717) is 17.8 Å². The van der Waals surface area contributed by atoms with E-state index in [1.165, 1.54) is 6.07 Å². The summed E-state index contributed by atoms with van der Waals surface area (Å²) in [5.41, 5.74) is 0.897. The molecule has 0 saturated carbocycles. The van der Waals surface area contributed by atoms with Gasteiger partial charge in [-0.05, 0) is 36.2 Å². The Morgan fingerprint density at radius 1 is 1.12 bits per heavy atom. The van der Waals surface area contributed by atoms with Gasteiger partial charge in [0.2, 0.25) is 5.91 Å². The van der Waals surface area contributed by atoms with E-state index in [1.54, 1.807) is 24.4 Å². The van der Waals surface area contributed by atoms with Crippen molar-refractivity contribution in [3.05, 3.63) is 65.5 Å². The zero-order valence-electron chi connectivity index (χ0n) is 13.8. The van der Waals surface area contributed by atoms with Gasteiger partial charge in [0.15, 0.2) is 11.6 Å². The number of nitrogens with zero attached hydrogens (tertiary/aromatic N) is 1. The summed E-state index contributed by atoms with van der Waals surface area (Å²) in [5.74, 6) is -2.91. The fraction of sp³-hybridized carbons (Fsp3) is 0.368. The minimum atomic E-state index is -0.968. The molecule has 1 N–H and O–H groups in total. The molecule has 5 heteroatoms. The van der Waals surface area contributed by atoms with Gasteiger partial charge >= 0.3 is 0 Å². The van der Waals surface area contributed by atoms with Crippen LogP contribution in [0.3, 0.4) is 0 Å². The molecule has 2 aromatic rings. The number of pyridine rings is 1. The Balaban J connectivity index is 2.17. The summed E-state index contributed by atoms with van der Waals surface area (Å²) in [6.07, 6.45) is 5.78. The summed E-state index contributed by atoms with van der Waals surface area (Å²) in [7, 11) is 0. The summed E-state index contributed by atoms with van der Waals surface area (Å²) < 4.78 is 26.8. The van der Waals surface area contributed by atoms with Crippen LogP contribution >= 0.6 is 0 Å². The van der Waals surface area contributed by atoms with Gasteiger partial charge in [-0.15, -0.1) is 0 Å². The van der Waals surface area contributed by atoms with Crippen molar-refractivity contribution in [2.45, 2.75) is 38.5 Å². The van der Waals surface area contributed by atoms with Crippen LogP contribution in [0.4, 0.5) is 8.78 Å². The highest BCUT2D eigenvalue weighted by Crippen LogP contribution is 2.25. The van der Waals surface area contributed by atoms with Crippen LogP contribution < -0.4 is 5.32 Å². The van der Waals surface area contributed by atoms with Gasteiger partial charge in [0.25, 0.3) is 0 Å². The van der Waals surface area contributed by atoms with Gasteiger partial charge in [0.1, 0.15) is 5.92 Å². The summed E-state index contributed by atoms with van der Waals surface area (Å²) in [6.45, 7) is 2.69. The Morgan fingerprint density at radius 3 is 2.62 bits per heavy atom. The molecule has 0 aliphatic rings. The molecular weight excluding hydrogens is 310 g/mol. The lowest BCUT2D eigenvalue weighted by Gasteiger charge is -2.17. The first kappa shape index (κ1) is 18.0. The monoisotopic (exact) mass is 332 g/mol. The van der Waals surface area contributed by atoms with Crippen molar-refractivity contribution in [2.75, 3.05) is 6.54 Å². The van der Waals surface area contributed by atoms with Crippen molar-refractivity contribution in [2.24, 2.45) is 0 Å². The highest BCUT2D eigenvalue weighted by Gasteiger charge is 2.24. The van der Waals surface area contributed by atoms with E-state index < -0.39 is 17.6 Å². The second-order valence-electron chi connectivity index (χ2n) is 5.71. The van der Waals surface area contributed by atoms with Crippen LogP contribution in [-0.4, -0.2) is 17.4 Å². The van der Waals surface area contributed by atoms with Crippen LogP contribution in [0.25, 0.3) is 0 Å². The van der Waals surface area contributed by atoms with Gasteiger partial charge in [-0.1, -0.05) is 38.3 Å². The number of carbonyl (C=O) groups is 1. The lowest BCUT2D eigenvalue weighted by molar-refractivity contribution is -0.121. The molecule has 0 aliphatic carbocycles. The number of aromatic nitrogens is 1. The van der Waals surface area contributed by atoms with Gasteiger partial charge in [-0.2, -0.15) is 0 Å². The standard InChI is InChI=1S/C19H22F2N2O/c1-2-3-4-6-12-23-19(24)18(17-8-5-7-11-22-17)14-9-10-15(20)16(21)13-14/h5,7-11,13,18H,2-4,6,12H2,1H3,(H,23,24). The van der Waals surface area contributed by atoms with Crippen molar-refractivity contribution in [3.63, 3.8) is 0 Å². The minimum absolute atomic E-state index is 0.254. The Labute approximate surface area is 141 Å². The molecule has 0 radical (unpaired) electrons. The van der Waals surface area contributed by atoms with Gasteiger partial charge in [-0.3, -0.25) is 9.78 Å². The predicted molar refractivity (Wildman–Crippen MR) is 89.6 cm³/mol. The molecule has 0 saturated heterocycles. The van der Waals surface area contributed by atoms with Gasteiger partial charge in [-0.25, -0.2) is 8.78 Å². The van der Waals surface area contributed by atoms with Gasteiger partial charge in [0, 0.05) is 12.7 Å². The minimum Gasteiger partial charge on any atom is -0.355 e. The predicted octanol–water partition coefficient (Wildman–Crippen LogP) is 4.19. The number of amides is 1. The van der Waals surface area contributed by atoms with Crippen molar-refractivity contribution in [1.82, 2.24) is 10.3 Å². The maximum absolute atomic E-state index is 13.6. The van der Waals surface area contributed by atoms with E-state index >= 15 is 0 Å². The van der Waals surface area contributed by atoms with E-state index in [4.69, 9.17) is 0 Å².